The minimum Gasteiger partial charge on any atom is -0.360 e. The lowest BCUT2D eigenvalue weighted by molar-refractivity contribution is 0.0941. The van der Waals surface area contributed by atoms with Crippen LogP contribution in [0.3, 0.4) is 0 Å². The molecule has 0 saturated heterocycles. The van der Waals surface area contributed by atoms with E-state index in [1.807, 2.05) is 0 Å². The van der Waals surface area contributed by atoms with Crippen LogP contribution in [-0.4, -0.2) is 22.8 Å². The summed E-state index contributed by atoms with van der Waals surface area (Å²) in [5.74, 6) is 0.987. The number of nitrogens with zero attached hydrogens (tertiary/aromatic N) is 2. The number of amides is 1. The van der Waals surface area contributed by atoms with Crippen LogP contribution in [0.25, 0.3) is 0 Å². The Morgan fingerprint density at radius 3 is 3.05 bits per heavy atom. The number of hydrogen-bond donors (Lipinski definition) is 2. The lowest BCUT2D eigenvalue weighted by Crippen LogP contribution is -2.46. The molecule has 5 nitrogen and oxygen atoms in total. The van der Waals surface area contributed by atoms with Gasteiger partial charge in [-0.2, -0.15) is 0 Å². The van der Waals surface area contributed by atoms with E-state index in [0.29, 0.717) is 23.1 Å². The van der Waals surface area contributed by atoms with Gasteiger partial charge in [-0.05, 0) is 25.3 Å². The van der Waals surface area contributed by atoms with Gasteiger partial charge < -0.3 is 10.6 Å². The predicted octanol–water partition coefficient (Wildman–Crippen LogP) is 2.21. The molecule has 0 radical (unpaired) electrons. The number of allylic oxidation sites excluding steroid dienone is 1. The molecule has 1 aliphatic carbocycles. The number of aliphatic imine (C=N–C) groups is 1. The second-order valence-electron chi connectivity index (χ2n) is 5.43. The molecule has 3 atom stereocenters. The van der Waals surface area contributed by atoms with Crippen LogP contribution in [-0.2, 0) is 0 Å². The molecule has 1 aromatic heterocycles. The van der Waals surface area contributed by atoms with E-state index in [1.165, 1.54) is 6.42 Å². The van der Waals surface area contributed by atoms with E-state index in [9.17, 15) is 4.79 Å². The van der Waals surface area contributed by atoms with E-state index in [0.717, 1.165) is 11.4 Å². The maximum atomic E-state index is 12.2. The summed E-state index contributed by atoms with van der Waals surface area (Å²) in [7, 11) is 0. The van der Waals surface area contributed by atoms with Crippen molar-refractivity contribution in [1.82, 2.24) is 10.3 Å². The van der Waals surface area contributed by atoms with Gasteiger partial charge in [-0.1, -0.05) is 17.7 Å². The molecule has 2 N–H and O–H groups in total. The van der Waals surface area contributed by atoms with Crippen molar-refractivity contribution in [3.8, 4) is 0 Å². The topological polar surface area (TPSA) is 66.4 Å². The van der Waals surface area contributed by atoms with E-state index in [-0.39, 0.29) is 17.2 Å². The number of halogens is 1. The zero-order valence-electron chi connectivity index (χ0n) is 10.9. The van der Waals surface area contributed by atoms with Crippen molar-refractivity contribution in [1.29, 1.82) is 0 Å². The van der Waals surface area contributed by atoms with Crippen LogP contribution in [0.1, 0.15) is 23.7 Å². The molecule has 2 unspecified atom stereocenters. The zero-order chi connectivity index (χ0) is 13.9. The third-order valence-electron chi connectivity index (χ3n) is 4.07. The molecule has 0 aromatic carbocycles. The Morgan fingerprint density at radius 1 is 1.40 bits per heavy atom. The van der Waals surface area contributed by atoms with E-state index in [1.54, 1.807) is 12.3 Å². The van der Waals surface area contributed by atoms with Crippen molar-refractivity contribution in [2.45, 2.75) is 19.5 Å². The lowest BCUT2D eigenvalue weighted by Gasteiger charge is -2.29. The first-order chi connectivity index (χ1) is 9.63. The number of nitrogens with one attached hydrogen (secondary N) is 2. The largest absolute Gasteiger partial charge is 0.360 e. The minimum atomic E-state index is -0.301. The average molecular weight is 289 g/mol. The quantitative estimate of drug-likeness (QED) is 0.779. The smallest absolute Gasteiger partial charge is 0.258 e. The summed E-state index contributed by atoms with van der Waals surface area (Å²) in [6.07, 6.45) is 4.62. The fourth-order valence-electron chi connectivity index (χ4n) is 2.90. The number of carbonyl (C=O) groups excluding carboxylic acids is 1. The van der Waals surface area contributed by atoms with Crippen molar-refractivity contribution in [2.75, 3.05) is 5.32 Å². The maximum absolute atomic E-state index is 12.2. The molecule has 0 bridgehead atoms. The zero-order valence-corrected chi connectivity index (χ0v) is 11.6. The van der Waals surface area contributed by atoms with Crippen molar-refractivity contribution in [2.24, 2.45) is 16.8 Å². The van der Waals surface area contributed by atoms with Crippen molar-refractivity contribution < 1.29 is 4.79 Å². The van der Waals surface area contributed by atoms with Gasteiger partial charge >= 0.3 is 0 Å². The van der Waals surface area contributed by atoms with Crippen LogP contribution in [0, 0.1) is 11.8 Å². The Labute approximate surface area is 121 Å². The lowest BCUT2D eigenvalue weighted by atomic mass is 10.1. The van der Waals surface area contributed by atoms with E-state index >= 15 is 0 Å². The van der Waals surface area contributed by atoms with Crippen molar-refractivity contribution in [3.05, 3.63) is 34.8 Å². The third-order valence-corrected chi connectivity index (χ3v) is 4.36. The highest BCUT2D eigenvalue weighted by molar-refractivity contribution is 6.33. The summed E-state index contributed by atoms with van der Waals surface area (Å²) in [4.78, 5) is 20.7. The summed E-state index contributed by atoms with van der Waals surface area (Å²) >= 11 is 5.97. The molecule has 3 aliphatic rings. The molecular formula is C14H13ClN4O. The molecule has 102 valence electrons. The van der Waals surface area contributed by atoms with Crippen molar-refractivity contribution in [3.63, 3.8) is 0 Å². The monoisotopic (exact) mass is 288 g/mol. The van der Waals surface area contributed by atoms with Crippen molar-refractivity contribution >= 4 is 28.9 Å². The highest BCUT2D eigenvalue weighted by Gasteiger charge is 2.42. The Morgan fingerprint density at radius 2 is 2.25 bits per heavy atom. The Hall–Kier alpha value is -1.88. The molecule has 0 spiro atoms. The molecule has 1 fully saturated rings. The first kappa shape index (κ1) is 11.9. The van der Waals surface area contributed by atoms with E-state index < -0.39 is 0 Å². The third kappa shape index (κ3) is 1.73. The Bertz CT molecular complexity index is 682. The van der Waals surface area contributed by atoms with Crippen LogP contribution in [0.2, 0.25) is 5.15 Å². The normalized spacial score (nSPS) is 30.3. The molecule has 2 aliphatic heterocycles. The van der Waals surface area contributed by atoms with Gasteiger partial charge in [0.05, 0.1) is 16.9 Å². The number of anilines is 1. The number of hydrogen-bond acceptors (Lipinski definition) is 4. The fraction of sp³-hybridized carbons (Fsp3) is 0.357. The van der Waals surface area contributed by atoms with Crippen LogP contribution in [0.4, 0.5) is 5.69 Å². The molecule has 1 amide bonds. The number of carbonyl (C=O) groups is 1. The summed E-state index contributed by atoms with van der Waals surface area (Å²) in [5.41, 5.74) is 3.13. The second kappa shape index (κ2) is 4.06. The molecule has 6 heteroatoms. The Kier molecular flexibility index (Phi) is 2.41. The number of aromatic nitrogens is 1. The maximum Gasteiger partial charge on any atom is 0.258 e. The molecule has 3 heterocycles. The predicted molar refractivity (Wildman–Crippen MR) is 76.9 cm³/mol. The first-order valence-electron chi connectivity index (χ1n) is 6.62. The summed E-state index contributed by atoms with van der Waals surface area (Å²) in [5, 5.41) is 6.37. The van der Waals surface area contributed by atoms with Crippen LogP contribution >= 0.6 is 11.6 Å². The highest BCUT2D eigenvalue weighted by atomic mass is 35.5. The van der Waals surface area contributed by atoms with E-state index in [4.69, 9.17) is 11.6 Å². The van der Waals surface area contributed by atoms with Gasteiger partial charge in [0.2, 0.25) is 0 Å². The average Bonchev–Trinajstić information content (AvgIpc) is 3.18. The molecular weight excluding hydrogens is 276 g/mol. The number of fused-ring (bicyclic) bond motifs is 2. The van der Waals surface area contributed by atoms with E-state index in [2.05, 4.69) is 33.6 Å². The molecule has 20 heavy (non-hydrogen) atoms. The van der Waals surface area contributed by atoms with Gasteiger partial charge in [0.25, 0.3) is 5.91 Å². The van der Waals surface area contributed by atoms with Crippen LogP contribution in [0.5, 0.6) is 0 Å². The summed E-state index contributed by atoms with van der Waals surface area (Å²) in [6.45, 7) is 2.05. The Balaban J connectivity index is 1.69. The molecule has 4 rings (SSSR count). The highest BCUT2D eigenvalue weighted by Crippen LogP contribution is 2.45. The van der Waals surface area contributed by atoms with Crippen LogP contribution in [0.15, 0.2) is 29.0 Å². The number of rotatable bonds is 1. The van der Waals surface area contributed by atoms with Gasteiger partial charge in [-0.3, -0.25) is 9.79 Å². The molecule has 1 aromatic rings. The van der Waals surface area contributed by atoms with Gasteiger partial charge in [0, 0.05) is 17.8 Å². The van der Waals surface area contributed by atoms with Gasteiger partial charge in [0.15, 0.2) is 0 Å². The number of pyridine rings is 1. The van der Waals surface area contributed by atoms with Gasteiger partial charge in [-0.15, -0.1) is 0 Å². The summed E-state index contributed by atoms with van der Waals surface area (Å²) < 4.78 is 0. The van der Waals surface area contributed by atoms with Gasteiger partial charge in [-0.25, -0.2) is 4.98 Å². The second-order valence-corrected chi connectivity index (χ2v) is 5.78. The summed E-state index contributed by atoms with van der Waals surface area (Å²) in [6, 6.07) is 1.76. The van der Waals surface area contributed by atoms with Gasteiger partial charge in [0.1, 0.15) is 11.3 Å². The SMILES string of the molecule is CC1=NC(C2NC(=O)c3c(ccnc3Cl)N2)=CC2C[C@H]12. The molecule has 1 saturated carbocycles. The fourth-order valence-corrected chi connectivity index (χ4v) is 3.14. The standard InChI is InChI=1S/C14H13ClN4O/c1-6-8-4-7(8)5-10(17-6)13-18-9-2-3-16-12(15)11(9)14(20)19-13/h2-3,5,7-8,13,18H,4H2,1H3,(H,19,20)/t7?,8-,13?/m1/s1. The minimum absolute atomic E-state index is 0.213. The first-order valence-corrected chi connectivity index (χ1v) is 7.00. The van der Waals surface area contributed by atoms with Crippen LogP contribution < -0.4 is 10.6 Å².